The second-order valence-electron chi connectivity index (χ2n) is 15.2. The van der Waals surface area contributed by atoms with Crippen LogP contribution in [0.15, 0.2) is 141 Å². The van der Waals surface area contributed by atoms with Crippen molar-refractivity contribution in [3.63, 3.8) is 0 Å². The van der Waals surface area contributed by atoms with Crippen molar-refractivity contribution in [2.24, 2.45) is 0 Å². The van der Waals surface area contributed by atoms with Gasteiger partial charge in [-0.05, 0) is 87.7 Å². The number of pyridine rings is 2. The summed E-state index contributed by atoms with van der Waals surface area (Å²) in [5, 5.41) is 1.63. The summed E-state index contributed by atoms with van der Waals surface area (Å²) in [5.74, 6) is -1.81. The maximum atomic E-state index is 14.3. The average Bonchev–Trinajstić information content (AvgIpc) is 3.28. The number of nitrogens with one attached hydrogen (secondary N) is 2. The molecule has 1 atom stereocenters. The molecule has 13 nitrogen and oxygen atoms in total. The Morgan fingerprint density at radius 2 is 1.17 bits per heavy atom. The van der Waals surface area contributed by atoms with Crippen molar-refractivity contribution in [2.45, 2.75) is 68.5 Å². The van der Waals surface area contributed by atoms with Crippen LogP contribution in [-0.2, 0) is 22.3 Å². The Kier molecular flexibility index (Phi) is 14.6. The van der Waals surface area contributed by atoms with E-state index in [1.807, 2.05) is 88.4 Å². The first-order valence-corrected chi connectivity index (χ1v) is 22.6. The van der Waals surface area contributed by atoms with E-state index in [-0.39, 0.29) is 51.6 Å². The fourth-order valence-electron chi connectivity index (χ4n) is 6.19. The zero-order chi connectivity index (χ0) is 46.2. The summed E-state index contributed by atoms with van der Waals surface area (Å²) in [6.45, 7) is 9.23. The van der Waals surface area contributed by atoms with E-state index in [2.05, 4.69) is 30.8 Å². The third kappa shape index (κ3) is 11.6. The molecule has 2 N–H and O–H groups in total. The molecule has 0 radical (unpaired) electrons. The molecule has 4 aromatic heterocycles. The van der Waals surface area contributed by atoms with E-state index in [1.165, 1.54) is 51.6 Å². The van der Waals surface area contributed by atoms with Gasteiger partial charge >= 0.3 is 11.1 Å². The van der Waals surface area contributed by atoms with Gasteiger partial charge in [0.2, 0.25) is 5.16 Å². The maximum absolute atomic E-state index is 14.3. The lowest BCUT2D eigenvalue weighted by molar-refractivity contribution is 0.430. The molecule has 4 aromatic carbocycles. The molecule has 18 heteroatoms. The molecule has 65 heavy (non-hydrogen) atoms. The Bertz CT molecular complexity index is 3120. The molecule has 0 aliphatic heterocycles. The van der Waals surface area contributed by atoms with Gasteiger partial charge in [0.1, 0.15) is 5.82 Å². The van der Waals surface area contributed by atoms with E-state index in [4.69, 9.17) is 9.47 Å². The highest BCUT2D eigenvalue weighted by atomic mass is 32.2. The highest BCUT2D eigenvalue weighted by Gasteiger charge is 2.19. The summed E-state index contributed by atoms with van der Waals surface area (Å²) in [7, 11) is -1.51. The molecule has 4 heterocycles. The number of aryl methyl sites for hydroxylation is 1. The van der Waals surface area contributed by atoms with Crippen LogP contribution in [0, 0.1) is 24.4 Å². The Labute approximate surface area is 378 Å². The normalized spacial score (nSPS) is 11.7. The van der Waals surface area contributed by atoms with Gasteiger partial charge in [-0.15, -0.1) is 0 Å². The van der Waals surface area contributed by atoms with Crippen molar-refractivity contribution in [3.05, 3.63) is 176 Å². The molecule has 0 aliphatic carbocycles. The minimum absolute atomic E-state index is 0.0605. The van der Waals surface area contributed by atoms with Gasteiger partial charge in [0.15, 0.2) is 51.1 Å². The predicted molar refractivity (Wildman–Crippen MR) is 247 cm³/mol. The average molecular weight is 921 g/mol. The van der Waals surface area contributed by atoms with Gasteiger partial charge in [0.05, 0.1) is 16.6 Å². The zero-order valence-corrected chi connectivity index (χ0v) is 37.4. The van der Waals surface area contributed by atoms with Crippen LogP contribution >= 0.6 is 11.8 Å². The van der Waals surface area contributed by atoms with Gasteiger partial charge < -0.3 is 20.3 Å². The molecule has 0 saturated carbocycles. The molecule has 8 rings (SSSR count). The Balaban J connectivity index is 0.000000194. The van der Waals surface area contributed by atoms with Gasteiger partial charge in [-0.2, -0.15) is 0 Å². The van der Waals surface area contributed by atoms with Crippen LogP contribution < -0.4 is 31.4 Å². The Hall–Kier alpha value is -7.05. The topological polar surface area (TPSA) is 155 Å². The van der Waals surface area contributed by atoms with E-state index >= 15 is 0 Å². The lowest BCUT2D eigenvalue weighted by atomic mass is 10.2. The first-order valence-electron chi connectivity index (χ1n) is 20.3. The smallest absolute Gasteiger partial charge is 0.313 e. The Morgan fingerprint density at radius 1 is 0.646 bits per heavy atom. The van der Waals surface area contributed by atoms with E-state index in [0.717, 1.165) is 28.8 Å². The SMILES string of the molecule is CC(C)Nn1c(=O)c(Oc2ccc(F)cc2F)cc2cnc(SCc3ccccc3)nc21.Cc1ccc(Oc2cc3cnc(S(=O)Cc4ccccc4)nc3n(NC(C)C)c2=O)c(F)c1. The van der Waals surface area contributed by atoms with Crippen molar-refractivity contribution >= 4 is 44.6 Å². The molecule has 0 aliphatic rings. The van der Waals surface area contributed by atoms with Crippen LogP contribution in [-0.4, -0.2) is 45.6 Å². The number of nitrogens with zero attached hydrogens (tertiary/aromatic N) is 6. The van der Waals surface area contributed by atoms with Crippen LogP contribution in [0.25, 0.3) is 22.1 Å². The number of thioether (sulfide) groups is 1. The van der Waals surface area contributed by atoms with Gasteiger partial charge in [-0.3, -0.25) is 13.8 Å². The molecular weight excluding hydrogens is 878 g/mol. The predicted octanol–water partition coefficient (Wildman–Crippen LogP) is 9.40. The third-order valence-electron chi connectivity index (χ3n) is 9.12. The van der Waals surface area contributed by atoms with Gasteiger partial charge in [0, 0.05) is 47.1 Å². The lowest BCUT2D eigenvalue weighted by Crippen LogP contribution is -2.34. The van der Waals surface area contributed by atoms with Crippen LogP contribution in [0.4, 0.5) is 13.2 Å². The Morgan fingerprint density at radius 3 is 1.72 bits per heavy atom. The van der Waals surface area contributed by atoms with Gasteiger partial charge in [-0.25, -0.2) is 42.5 Å². The second-order valence-corrected chi connectivity index (χ2v) is 17.5. The van der Waals surface area contributed by atoms with Crippen molar-refractivity contribution < 1.29 is 26.9 Å². The lowest BCUT2D eigenvalue weighted by Gasteiger charge is -2.17. The summed E-state index contributed by atoms with van der Waals surface area (Å²) >= 11 is 1.45. The van der Waals surface area contributed by atoms with E-state index < -0.39 is 39.4 Å². The van der Waals surface area contributed by atoms with E-state index in [1.54, 1.807) is 19.2 Å². The number of aromatic nitrogens is 6. The highest BCUT2D eigenvalue weighted by molar-refractivity contribution is 7.98. The first kappa shape index (κ1) is 46.0. The van der Waals surface area contributed by atoms with Gasteiger partial charge in [-0.1, -0.05) is 78.5 Å². The molecule has 0 fully saturated rings. The third-order valence-corrected chi connectivity index (χ3v) is 11.3. The minimum Gasteiger partial charge on any atom is -0.448 e. The number of hydrogen-bond donors (Lipinski definition) is 2. The van der Waals surface area contributed by atoms with E-state index in [9.17, 15) is 27.0 Å². The maximum Gasteiger partial charge on any atom is 0.313 e. The fraction of sp³-hybridized carbons (Fsp3) is 0.191. The largest absolute Gasteiger partial charge is 0.448 e. The zero-order valence-electron chi connectivity index (χ0n) is 35.8. The van der Waals surface area contributed by atoms with Crippen LogP contribution in [0.1, 0.15) is 44.4 Å². The molecule has 0 spiro atoms. The fourth-order valence-corrected chi connectivity index (χ4v) is 7.94. The molecular formula is C47H43F3N8O5S2. The standard InChI is InChI=1S/C24H23FN4O3S.C23H20F2N4O2S/c1-15(2)28-29-22-18(12-21(23(29)30)32-20-10-9-16(3)11-19(20)25)13-26-24(27-22)33(31)14-17-7-5-4-6-8-17;1-14(2)28-29-21-16(12-26-23(27-21)32-13-15-6-4-3-5-7-15)10-20(22(29)30)31-19-9-8-17(24)11-18(19)25/h4-13,15,28H,14H2,1-3H3;3-12,14,28H,13H2,1-2H3. The molecule has 8 aromatic rings. The summed E-state index contributed by atoms with van der Waals surface area (Å²) in [6.07, 6.45) is 3.07. The molecule has 334 valence electrons. The van der Waals surface area contributed by atoms with Crippen molar-refractivity contribution in [3.8, 4) is 23.0 Å². The summed E-state index contributed by atoms with van der Waals surface area (Å²) < 4.78 is 68.0. The number of halogens is 3. The van der Waals surface area contributed by atoms with Crippen LogP contribution in [0.3, 0.4) is 0 Å². The van der Waals surface area contributed by atoms with Crippen LogP contribution in [0.5, 0.6) is 23.0 Å². The van der Waals surface area contributed by atoms with E-state index in [0.29, 0.717) is 33.4 Å². The quantitative estimate of drug-likeness (QED) is 0.0789. The van der Waals surface area contributed by atoms with Gasteiger partial charge in [0.25, 0.3) is 0 Å². The minimum atomic E-state index is -1.51. The molecule has 0 bridgehead atoms. The first-order chi connectivity index (χ1) is 31.2. The van der Waals surface area contributed by atoms with Crippen molar-refractivity contribution in [1.82, 2.24) is 29.3 Å². The number of ether oxygens (including phenoxy) is 2. The van der Waals surface area contributed by atoms with Crippen molar-refractivity contribution in [1.29, 1.82) is 0 Å². The number of benzene rings is 4. The van der Waals surface area contributed by atoms with Crippen LogP contribution in [0.2, 0.25) is 0 Å². The number of rotatable bonds is 14. The molecule has 1 unspecified atom stereocenters. The summed E-state index contributed by atoms with van der Waals surface area (Å²) in [6, 6.07) is 29.4. The molecule has 0 saturated heterocycles. The number of hydrogen-bond acceptors (Lipinski definition) is 12. The summed E-state index contributed by atoms with van der Waals surface area (Å²) in [4.78, 5) is 43.9. The molecule has 0 amide bonds. The second kappa shape index (κ2) is 20.6. The highest BCUT2D eigenvalue weighted by Crippen LogP contribution is 2.28. The summed E-state index contributed by atoms with van der Waals surface area (Å²) in [5.41, 5.74) is 8.36. The van der Waals surface area contributed by atoms with Crippen molar-refractivity contribution in [2.75, 3.05) is 10.9 Å². The monoisotopic (exact) mass is 920 g/mol. The number of fused-ring (bicyclic) bond motifs is 2.